The Bertz CT molecular complexity index is 355. The van der Waals surface area contributed by atoms with Crippen LogP contribution in [0.5, 0.6) is 0 Å². The molecule has 0 radical (unpaired) electrons. The van der Waals surface area contributed by atoms with Crippen LogP contribution in [0, 0.1) is 0 Å². The van der Waals surface area contributed by atoms with E-state index in [-0.39, 0.29) is 0 Å². The van der Waals surface area contributed by atoms with E-state index in [1.54, 1.807) is 0 Å². The minimum atomic E-state index is 0.405. The molecule has 5 heteroatoms. The van der Waals surface area contributed by atoms with Gasteiger partial charge in [-0.1, -0.05) is 11.6 Å². The first-order chi connectivity index (χ1) is 4.88. The number of hydrogen-bond acceptors (Lipinski definition) is 3. The topological polar surface area (TPSA) is 54.5 Å². The predicted molar refractivity (Wildman–Crippen MR) is 36.7 cm³/mol. The molecule has 0 aromatic carbocycles. The lowest BCUT2D eigenvalue weighted by Gasteiger charge is -1.86. The molecule has 50 valence electrons. The molecule has 0 atom stereocenters. The van der Waals surface area contributed by atoms with Crippen LogP contribution in [-0.2, 0) is 0 Å². The van der Waals surface area contributed by atoms with E-state index in [0.717, 1.165) is 0 Å². The number of H-pyrrole nitrogens is 1. The van der Waals surface area contributed by atoms with Crippen molar-refractivity contribution in [3.05, 3.63) is 17.8 Å². The van der Waals surface area contributed by atoms with E-state index in [1.165, 1.54) is 12.7 Å². The van der Waals surface area contributed by atoms with Gasteiger partial charge in [-0.3, -0.25) is 0 Å². The van der Waals surface area contributed by atoms with Crippen LogP contribution in [0.15, 0.2) is 12.7 Å². The van der Waals surface area contributed by atoms with Gasteiger partial charge in [0.05, 0.1) is 6.33 Å². The molecule has 2 aromatic rings. The first kappa shape index (κ1) is 5.61. The normalized spacial score (nSPS) is 10.5. The minimum absolute atomic E-state index is 0.405. The fourth-order valence-corrected chi connectivity index (χ4v) is 0.918. The first-order valence-electron chi connectivity index (χ1n) is 2.67. The van der Waals surface area contributed by atoms with Crippen LogP contribution >= 0.6 is 11.6 Å². The lowest BCUT2D eigenvalue weighted by atomic mass is 10.6. The Kier molecular flexibility index (Phi) is 1.07. The standard InChI is InChI=1S/C5H3ClN4/c6-4-3-5(9-1-7-3)10-2-8-4/h1-2H,(H,7,8,9,10)/i2+1,7+1. The van der Waals surface area contributed by atoms with Gasteiger partial charge in [-0.05, 0) is 0 Å². The van der Waals surface area contributed by atoms with Gasteiger partial charge in [-0.15, -0.1) is 0 Å². The summed E-state index contributed by atoms with van der Waals surface area (Å²) in [6.07, 6.45) is 2.91. The Morgan fingerprint density at radius 3 is 3.00 bits per heavy atom. The average Bonchev–Trinajstić information content (AvgIpc) is 2.36. The molecule has 10 heavy (non-hydrogen) atoms. The van der Waals surface area contributed by atoms with Crippen LogP contribution < -0.4 is 0 Å². The van der Waals surface area contributed by atoms with Gasteiger partial charge in [-0.2, -0.15) is 0 Å². The van der Waals surface area contributed by atoms with Crippen molar-refractivity contribution in [3.63, 3.8) is 0 Å². The molecule has 2 aromatic heterocycles. The summed E-state index contributed by atoms with van der Waals surface area (Å²) in [5, 5.41) is 0.405. The fraction of sp³-hybridized carbons (Fsp3) is 0. The molecule has 0 bridgehead atoms. The number of halogens is 1. The Morgan fingerprint density at radius 2 is 2.20 bits per heavy atom. The van der Waals surface area contributed by atoms with Crippen LogP contribution in [-0.4, -0.2) is 19.9 Å². The van der Waals surface area contributed by atoms with E-state index >= 15 is 0 Å². The molecule has 0 aliphatic heterocycles. The number of nitrogens with zero attached hydrogens (tertiary/aromatic N) is 3. The largest absolute Gasteiger partial charge is 0.341 e. The second-order valence-electron chi connectivity index (χ2n) is 1.77. The van der Waals surface area contributed by atoms with Gasteiger partial charge in [-0.25, -0.2) is 15.0 Å². The summed E-state index contributed by atoms with van der Waals surface area (Å²) >= 11 is 5.68. The molecular weight excluding hydrogens is 154 g/mol. The monoisotopic (exact) mass is 156 g/mol. The fourth-order valence-electron chi connectivity index (χ4n) is 0.736. The molecular formula is C5H3ClN4. The molecule has 1 N–H and O–H groups in total. The third kappa shape index (κ3) is 0.657. The third-order valence-electron chi connectivity index (χ3n) is 1.18. The van der Waals surface area contributed by atoms with E-state index in [0.29, 0.717) is 16.3 Å². The minimum Gasteiger partial charge on any atom is -0.341 e. The number of imidazole rings is 1. The zero-order valence-electron chi connectivity index (χ0n) is 4.87. The van der Waals surface area contributed by atoms with Gasteiger partial charge in [0.2, 0.25) is 0 Å². The highest BCUT2D eigenvalue weighted by atomic mass is 35.5. The average molecular weight is 157 g/mol. The number of hydrogen-bond donors (Lipinski definition) is 1. The van der Waals surface area contributed by atoms with Crippen molar-refractivity contribution < 1.29 is 0 Å². The van der Waals surface area contributed by atoms with Crippen molar-refractivity contribution in [3.8, 4) is 0 Å². The smallest absolute Gasteiger partial charge is 0.182 e. The zero-order chi connectivity index (χ0) is 6.97. The summed E-state index contributed by atoms with van der Waals surface area (Å²) in [7, 11) is 0. The molecule has 0 fully saturated rings. The maximum atomic E-state index is 5.68. The van der Waals surface area contributed by atoms with Crippen LogP contribution in [0.25, 0.3) is 11.2 Å². The lowest BCUT2D eigenvalue weighted by molar-refractivity contribution is 1.20. The second kappa shape index (κ2) is 1.91. The van der Waals surface area contributed by atoms with Crippen molar-refractivity contribution >= 4 is 22.8 Å². The van der Waals surface area contributed by atoms with Gasteiger partial charge < -0.3 is 4.98 Å². The Labute approximate surface area is 61.3 Å². The van der Waals surface area contributed by atoms with Gasteiger partial charge >= 0.3 is 0 Å². The van der Waals surface area contributed by atoms with Crippen LogP contribution in [0.2, 0.25) is 5.15 Å². The molecule has 0 saturated carbocycles. The van der Waals surface area contributed by atoms with E-state index in [2.05, 4.69) is 19.9 Å². The molecule has 0 aliphatic rings. The SMILES string of the molecule is Clc1n[13cH]nc2nc[15nH]c12. The number of rotatable bonds is 0. The molecule has 0 spiro atoms. The summed E-state index contributed by atoms with van der Waals surface area (Å²) in [6.45, 7) is 0. The van der Waals surface area contributed by atoms with Crippen LogP contribution in [0.4, 0.5) is 0 Å². The third-order valence-corrected chi connectivity index (χ3v) is 1.46. The highest BCUT2D eigenvalue weighted by molar-refractivity contribution is 6.33. The van der Waals surface area contributed by atoms with Crippen molar-refractivity contribution in [2.45, 2.75) is 0 Å². The zero-order valence-corrected chi connectivity index (χ0v) is 5.63. The summed E-state index contributed by atoms with van der Waals surface area (Å²) in [6, 6.07) is 0. The van der Waals surface area contributed by atoms with Gasteiger partial charge in [0.15, 0.2) is 10.8 Å². The highest BCUT2D eigenvalue weighted by Crippen LogP contribution is 2.13. The second-order valence-corrected chi connectivity index (χ2v) is 2.12. The van der Waals surface area contributed by atoms with E-state index in [1.807, 2.05) is 0 Å². The quantitative estimate of drug-likeness (QED) is 0.579. The number of aromatic amines is 1. The van der Waals surface area contributed by atoms with E-state index < -0.39 is 0 Å². The molecule has 4 nitrogen and oxygen atoms in total. The van der Waals surface area contributed by atoms with Crippen LogP contribution in [0.1, 0.15) is 0 Å². The summed E-state index contributed by atoms with van der Waals surface area (Å²) in [5.41, 5.74) is 1.28. The van der Waals surface area contributed by atoms with E-state index in [9.17, 15) is 0 Å². The van der Waals surface area contributed by atoms with Crippen LogP contribution in [0.3, 0.4) is 0 Å². The first-order valence-corrected chi connectivity index (χ1v) is 3.05. The summed E-state index contributed by atoms with van der Waals surface area (Å²) in [4.78, 5) is 14.3. The maximum absolute atomic E-state index is 5.68. The summed E-state index contributed by atoms with van der Waals surface area (Å²) < 4.78 is 0. The predicted octanol–water partition coefficient (Wildman–Crippen LogP) is 1.01. The van der Waals surface area contributed by atoms with Gasteiger partial charge in [0.25, 0.3) is 0 Å². The molecule has 2 rings (SSSR count). The van der Waals surface area contributed by atoms with Crippen molar-refractivity contribution in [2.24, 2.45) is 0 Å². The summed E-state index contributed by atoms with van der Waals surface area (Å²) in [5.74, 6) is 0. The highest BCUT2D eigenvalue weighted by Gasteiger charge is 2.00. The van der Waals surface area contributed by atoms with Gasteiger partial charge in [0.1, 0.15) is 11.8 Å². The molecule has 2 heterocycles. The lowest BCUT2D eigenvalue weighted by Crippen LogP contribution is -1.80. The van der Waals surface area contributed by atoms with Crippen molar-refractivity contribution in [1.82, 2.24) is 19.9 Å². The molecule has 0 amide bonds. The molecule has 0 saturated heterocycles. The van der Waals surface area contributed by atoms with Gasteiger partial charge in [0, 0.05) is 0 Å². The molecule has 0 unspecified atom stereocenters. The van der Waals surface area contributed by atoms with Crippen molar-refractivity contribution in [2.75, 3.05) is 0 Å². The Hall–Kier alpha value is -1.16. The Balaban J connectivity index is 2.95. The molecule has 0 aliphatic carbocycles. The maximum Gasteiger partial charge on any atom is 0.182 e. The van der Waals surface area contributed by atoms with E-state index in [4.69, 9.17) is 11.6 Å². The number of aromatic nitrogens is 4. The van der Waals surface area contributed by atoms with Crippen molar-refractivity contribution in [1.29, 1.82) is 0 Å². The Morgan fingerprint density at radius 1 is 1.30 bits per heavy atom. The number of fused-ring (bicyclic) bond motifs is 1. The number of nitrogens with one attached hydrogen (secondary N) is 1.